The van der Waals surface area contributed by atoms with Gasteiger partial charge in [0.2, 0.25) is 5.82 Å². The van der Waals surface area contributed by atoms with Crippen LogP contribution in [-0.4, -0.2) is 44.2 Å². The summed E-state index contributed by atoms with van der Waals surface area (Å²) in [4.78, 5) is 24.1. The van der Waals surface area contributed by atoms with Crippen LogP contribution < -0.4 is 11.2 Å². The molecule has 1 aromatic rings. The summed E-state index contributed by atoms with van der Waals surface area (Å²) in [6.45, 7) is 0.283. The number of hydrogen-bond donors (Lipinski definition) is 3. The molecule has 1 aromatic heterocycles. The number of ether oxygens (including phenoxy) is 1. The maximum absolute atomic E-state index is 14.3. The van der Waals surface area contributed by atoms with Crippen LogP contribution >= 0.6 is 0 Å². The average Bonchev–Trinajstić information content (AvgIpc) is 2.56. The van der Waals surface area contributed by atoms with Crippen molar-refractivity contribution in [1.29, 1.82) is 0 Å². The maximum Gasteiger partial charge on any atom is 0.330 e. The summed E-state index contributed by atoms with van der Waals surface area (Å²) in [5.41, 5.74) is -4.74. The number of hydrogen-bond acceptors (Lipinski definition) is 5. The zero-order valence-corrected chi connectivity index (χ0v) is 9.84. The molecule has 0 bridgehead atoms. The quantitative estimate of drug-likeness (QED) is 0.620. The van der Waals surface area contributed by atoms with Gasteiger partial charge in [0.15, 0.2) is 11.9 Å². The fraction of sp³-hybridized carbons (Fsp3) is 0.600. The normalized spacial score (nSPS) is 34.7. The molecular formula is C10H12F2N2O5. The van der Waals surface area contributed by atoms with Crippen LogP contribution in [0.15, 0.2) is 15.8 Å². The van der Waals surface area contributed by atoms with E-state index in [0.29, 0.717) is 10.8 Å². The van der Waals surface area contributed by atoms with Crippen LogP contribution in [0.1, 0.15) is 13.2 Å². The molecule has 1 aliphatic rings. The summed E-state index contributed by atoms with van der Waals surface area (Å²) >= 11 is 0. The number of H-pyrrole nitrogens is 1. The number of aromatic nitrogens is 2. The van der Waals surface area contributed by atoms with Gasteiger partial charge in [-0.1, -0.05) is 0 Å². The van der Waals surface area contributed by atoms with Gasteiger partial charge in [-0.25, -0.2) is 9.18 Å². The van der Waals surface area contributed by atoms with Crippen molar-refractivity contribution in [2.24, 2.45) is 0 Å². The molecule has 0 aromatic carbocycles. The lowest BCUT2D eigenvalue weighted by Gasteiger charge is -2.24. The molecule has 106 valence electrons. The highest BCUT2D eigenvalue weighted by molar-refractivity contribution is 5.01. The third-order valence-corrected chi connectivity index (χ3v) is 3.07. The van der Waals surface area contributed by atoms with Crippen LogP contribution in [-0.2, 0) is 4.74 Å². The molecule has 0 aliphatic carbocycles. The van der Waals surface area contributed by atoms with Gasteiger partial charge in [0.05, 0.1) is 12.8 Å². The number of aliphatic hydroxyl groups is 2. The van der Waals surface area contributed by atoms with Gasteiger partial charge in [0.25, 0.3) is 5.56 Å². The van der Waals surface area contributed by atoms with Crippen molar-refractivity contribution in [3.05, 3.63) is 32.9 Å². The molecular weight excluding hydrogens is 266 g/mol. The van der Waals surface area contributed by atoms with Crippen molar-refractivity contribution in [1.82, 2.24) is 9.55 Å². The Hall–Kier alpha value is -1.58. The molecule has 2 rings (SSSR count). The highest BCUT2D eigenvalue weighted by Crippen LogP contribution is 2.40. The van der Waals surface area contributed by atoms with Gasteiger partial charge in [-0.15, -0.1) is 0 Å². The minimum atomic E-state index is -2.43. The summed E-state index contributed by atoms with van der Waals surface area (Å²) in [5, 5.41) is 18.6. The van der Waals surface area contributed by atoms with Gasteiger partial charge >= 0.3 is 5.69 Å². The molecule has 9 heteroatoms. The van der Waals surface area contributed by atoms with Crippen LogP contribution in [0.25, 0.3) is 0 Å². The maximum atomic E-state index is 14.3. The average molecular weight is 278 g/mol. The Morgan fingerprint density at radius 3 is 2.74 bits per heavy atom. The smallest absolute Gasteiger partial charge is 0.330 e. The topological polar surface area (TPSA) is 105 Å². The second kappa shape index (κ2) is 4.51. The van der Waals surface area contributed by atoms with E-state index in [9.17, 15) is 23.5 Å². The highest BCUT2D eigenvalue weighted by atomic mass is 19.1. The molecule has 1 fully saturated rings. The SMILES string of the molecule is CC1(F)C(O)[C@@H](CO)OC1n1cc(F)c(=O)[nH]c1=O. The number of alkyl halides is 1. The number of aromatic amines is 1. The van der Waals surface area contributed by atoms with Crippen LogP contribution in [0.4, 0.5) is 8.78 Å². The molecule has 0 amide bonds. The molecule has 0 saturated carbocycles. The molecule has 2 heterocycles. The molecule has 19 heavy (non-hydrogen) atoms. The standard InChI is InChI=1S/C10H12F2N2O5/c1-10(12)6(16)5(3-15)19-8(10)14-2-4(11)7(17)13-9(14)18/h2,5-6,8,15-16H,3H2,1H3,(H,13,17,18)/t5-,6?,8?,10?/m1/s1. The second-order valence-corrected chi connectivity index (χ2v) is 4.45. The minimum absolute atomic E-state index is 0.496. The zero-order chi connectivity index (χ0) is 14.4. The molecule has 7 nitrogen and oxygen atoms in total. The van der Waals surface area contributed by atoms with Crippen molar-refractivity contribution >= 4 is 0 Å². The first-order chi connectivity index (χ1) is 8.78. The summed E-state index contributed by atoms with van der Waals surface area (Å²) < 4.78 is 33.0. The van der Waals surface area contributed by atoms with Gasteiger partial charge in [0.1, 0.15) is 12.2 Å². The van der Waals surface area contributed by atoms with Crippen molar-refractivity contribution in [2.45, 2.75) is 31.0 Å². The van der Waals surface area contributed by atoms with E-state index in [-0.39, 0.29) is 0 Å². The number of aliphatic hydroxyl groups excluding tert-OH is 2. The zero-order valence-electron chi connectivity index (χ0n) is 9.84. The summed E-state index contributed by atoms with van der Waals surface area (Å²) in [7, 11) is 0. The first-order valence-electron chi connectivity index (χ1n) is 5.43. The molecule has 0 spiro atoms. The lowest BCUT2D eigenvalue weighted by Crippen LogP contribution is -2.44. The van der Waals surface area contributed by atoms with Crippen LogP contribution in [0.2, 0.25) is 0 Å². The van der Waals surface area contributed by atoms with E-state index in [1.807, 2.05) is 0 Å². The Balaban J connectivity index is 2.51. The van der Waals surface area contributed by atoms with Gasteiger partial charge in [-0.05, 0) is 6.92 Å². The largest absolute Gasteiger partial charge is 0.394 e. The molecule has 3 N–H and O–H groups in total. The fourth-order valence-electron chi connectivity index (χ4n) is 2.00. The second-order valence-electron chi connectivity index (χ2n) is 4.45. The summed E-state index contributed by atoms with van der Waals surface area (Å²) in [6, 6.07) is 0. The van der Waals surface area contributed by atoms with Crippen LogP contribution in [0.5, 0.6) is 0 Å². The predicted molar refractivity (Wildman–Crippen MR) is 57.8 cm³/mol. The third kappa shape index (κ3) is 2.09. The molecule has 1 saturated heterocycles. The van der Waals surface area contributed by atoms with Gasteiger partial charge in [0, 0.05) is 0 Å². The number of nitrogens with zero attached hydrogens (tertiary/aromatic N) is 1. The van der Waals surface area contributed by atoms with E-state index in [2.05, 4.69) is 0 Å². The summed E-state index contributed by atoms with van der Waals surface area (Å²) in [5.74, 6) is -1.29. The van der Waals surface area contributed by atoms with Gasteiger partial charge in [-0.2, -0.15) is 4.39 Å². The molecule has 0 radical (unpaired) electrons. The van der Waals surface area contributed by atoms with Crippen molar-refractivity contribution < 1.29 is 23.7 Å². The first-order valence-corrected chi connectivity index (χ1v) is 5.43. The van der Waals surface area contributed by atoms with E-state index >= 15 is 0 Å². The Morgan fingerprint density at radius 1 is 1.58 bits per heavy atom. The summed E-state index contributed by atoms with van der Waals surface area (Å²) in [6.07, 6.45) is -4.10. The van der Waals surface area contributed by atoms with E-state index in [1.165, 1.54) is 0 Å². The van der Waals surface area contributed by atoms with Crippen molar-refractivity contribution in [3.8, 4) is 0 Å². The third-order valence-electron chi connectivity index (χ3n) is 3.07. The molecule has 3 unspecified atom stereocenters. The number of nitrogens with one attached hydrogen (secondary N) is 1. The predicted octanol–water partition coefficient (Wildman–Crippen LogP) is -1.35. The Kier molecular flexibility index (Phi) is 3.29. The van der Waals surface area contributed by atoms with E-state index in [1.54, 1.807) is 4.98 Å². The lowest BCUT2D eigenvalue weighted by molar-refractivity contribution is -0.0616. The van der Waals surface area contributed by atoms with E-state index in [4.69, 9.17) is 9.84 Å². The van der Waals surface area contributed by atoms with Crippen LogP contribution in [0.3, 0.4) is 0 Å². The highest BCUT2D eigenvalue weighted by Gasteiger charge is 2.55. The number of rotatable bonds is 2. The van der Waals surface area contributed by atoms with E-state index in [0.717, 1.165) is 6.92 Å². The fourth-order valence-corrected chi connectivity index (χ4v) is 2.00. The molecule has 1 aliphatic heterocycles. The first kappa shape index (κ1) is 13.8. The Morgan fingerprint density at radius 2 is 2.21 bits per heavy atom. The minimum Gasteiger partial charge on any atom is -0.394 e. The lowest BCUT2D eigenvalue weighted by atomic mass is 9.98. The van der Waals surface area contributed by atoms with Crippen molar-refractivity contribution in [2.75, 3.05) is 6.61 Å². The monoisotopic (exact) mass is 278 g/mol. The van der Waals surface area contributed by atoms with Gasteiger partial charge in [-0.3, -0.25) is 14.3 Å². The molecule has 4 atom stereocenters. The Labute approximate surface area is 105 Å². The Bertz CT molecular complexity index is 596. The van der Waals surface area contributed by atoms with Crippen molar-refractivity contribution in [3.63, 3.8) is 0 Å². The number of halogens is 2. The van der Waals surface area contributed by atoms with Crippen LogP contribution in [0, 0.1) is 5.82 Å². The van der Waals surface area contributed by atoms with Gasteiger partial charge < -0.3 is 14.9 Å². The van der Waals surface area contributed by atoms with E-state index < -0.39 is 47.8 Å².